The smallest absolute Gasteiger partial charge is 0.224 e. The zero-order valence-electron chi connectivity index (χ0n) is 10.0. The third-order valence-electron chi connectivity index (χ3n) is 3.96. The molecule has 1 amide bonds. The van der Waals surface area contributed by atoms with E-state index >= 15 is 0 Å². The van der Waals surface area contributed by atoms with Crippen molar-refractivity contribution < 1.29 is 4.79 Å². The van der Waals surface area contributed by atoms with Crippen LogP contribution >= 0.6 is 0 Å². The Labute approximate surface area is 97.1 Å². The first-order valence-electron chi connectivity index (χ1n) is 6.11. The van der Waals surface area contributed by atoms with Gasteiger partial charge in [-0.15, -0.1) is 0 Å². The van der Waals surface area contributed by atoms with Gasteiger partial charge in [-0.25, -0.2) is 0 Å². The minimum atomic E-state index is 0.149. The lowest BCUT2D eigenvalue weighted by molar-refractivity contribution is -0.116. The van der Waals surface area contributed by atoms with Crippen LogP contribution in [0.5, 0.6) is 0 Å². The second-order valence-electron chi connectivity index (χ2n) is 4.58. The fraction of sp³-hybridized carbons (Fsp3) is 0.500. The number of para-hydroxylation sites is 1. The Bertz CT molecular complexity index is 393. The summed E-state index contributed by atoms with van der Waals surface area (Å²) in [7, 11) is 0. The molecular formula is C14H19NO. The molecule has 86 valence electrons. The zero-order chi connectivity index (χ0) is 11.6. The predicted octanol–water partition coefficient (Wildman–Crippen LogP) is 3.48. The Morgan fingerprint density at radius 3 is 2.62 bits per heavy atom. The summed E-state index contributed by atoms with van der Waals surface area (Å²) < 4.78 is 0. The third kappa shape index (κ3) is 1.73. The molecule has 0 unspecified atom stereocenters. The number of carbonyl (C=O) groups excluding carboxylic acids is 1. The van der Waals surface area contributed by atoms with E-state index in [9.17, 15) is 4.79 Å². The standard InChI is InChI=1S/C14H19NO/c1-3-14(4-2)10-9-13(16)15-12-8-6-5-7-11(12)14/h5-8H,3-4,9-10H2,1-2H3,(H,15,16). The quantitative estimate of drug-likeness (QED) is 0.807. The van der Waals surface area contributed by atoms with Crippen molar-refractivity contribution in [3.05, 3.63) is 29.8 Å². The van der Waals surface area contributed by atoms with Crippen molar-refractivity contribution >= 4 is 11.6 Å². The Balaban J connectivity index is 2.53. The lowest BCUT2D eigenvalue weighted by Gasteiger charge is -2.31. The molecule has 1 aliphatic rings. The van der Waals surface area contributed by atoms with Crippen LogP contribution in [0.2, 0.25) is 0 Å². The highest BCUT2D eigenvalue weighted by Gasteiger charge is 2.33. The van der Waals surface area contributed by atoms with Crippen molar-refractivity contribution in [1.82, 2.24) is 0 Å². The average Bonchev–Trinajstić information content (AvgIpc) is 2.46. The molecule has 2 rings (SSSR count). The SMILES string of the molecule is CCC1(CC)CCC(=O)Nc2ccccc21. The van der Waals surface area contributed by atoms with Gasteiger partial charge in [-0.05, 0) is 36.3 Å². The molecule has 0 saturated heterocycles. The van der Waals surface area contributed by atoms with Crippen LogP contribution in [0.25, 0.3) is 0 Å². The number of amides is 1. The highest BCUT2D eigenvalue weighted by atomic mass is 16.1. The molecular weight excluding hydrogens is 198 g/mol. The van der Waals surface area contributed by atoms with Crippen LogP contribution in [0.1, 0.15) is 45.1 Å². The van der Waals surface area contributed by atoms with Crippen molar-refractivity contribution in [3.63, 3.8) is 0 Å². The van der Waals surface area contributed by atoms with Crippen LogP contribution in [-0.4, -0.2) is 5.91 Å². The van der Waals surface area contributed by atoms with Crippen molar-refractivity contribution in [2.24, 2.45) is 0 Å². The molecule has 2 heteroatoms. The zero-order valence-corrected chi connectivity index (χ0v) is 10.0. The summed E-state index contributed by atoms with van der Waals surface area (Å²) in [5, 5.41) is 3.01. The summed E-state index contributed by atoms with van der Waals surface area (Å²) in [6, 6.07) is 8.23. The molecule has 0 saturated carbocycles. The van der Waals surface area contributed by atoms with Gasteiger partial charge in [0.05, 0.1) is 0 Å². The van der Waals surface area contributed by atoms with E-state index in [1.807, 2.05) is 12.1 Å². The fourth-order valence-electron chi connectivity index (χ4n) is 2.74. The predicted molar refractivity (Wildman–Crippen MR) is 66.6 cm³/mol. The Morgan fingerprint density at radius 1 is 1.25 bits per heavy atom. The summed E-state index contributed by atoms with van der Waals surface area (Å²) >= 11 is 0. The van der Waals surface area contributed by atoms with Gasteiger partial charge in [0.25, 0.3) is 0 Å². The van der Waals surface area contributed by atoms with E-state index in [-0.39, 0.29) is 11.3 Å². The van der Waals surface area contributed by atoms with E-state index in [0.717, 1.165) is 24.9 Å². The molecule has 0 spiro atoms. The van der Waals surface area contributed by atoms with Crippen LogP contribution in [0.3, 0.4) is 0 Å². The molecule has 1 aromatic rings. The van der Waals surface area contributed by atoms with E-state index in [1.165, 1.54) is 5.56 Å². The maximum atomic E-state index is 11.7. The van der Waals surface area contributed by atoms with Crippen LogP contribution < -0.4 is 5.32 Å². The van der Waals surface area contributed by atoms with Gasteiger partial charge >= 0.3 is 0 Å². The molecule has 0 fully saturated rings. The maximum absolute atomic E-state index is 11.7. The van der Waals surface area contributed by atoms with Gasteiger partial charge in [-0.2, -0.15) is 0 Å². The van der Waals surface area contributed by atoms with E-state index in [0.29, 0.717) is 6.42 Å². The topological polar surface area (TPSA) is 29.1 Å². The highest BCUT2D eigenvalue weighted by Crippen LogP contribution is 2.41. The van der Waals surface area contributed by atoms with Gasteiger partial charge in [-0.3, -0.25) is 4.79 Å². The first-order chi connectivity index (χ1) is 7.72. The van der Waals surface area contributed by atoms with Crippen LogP contribution in [0, 0.1) is 0 Å². The molecule has 1 heterocycles. The van der Waals surface area contributed by atoms with Crippen molar-refractivity contribution in [1.29, 1.82) is 0 Å². The molecule has 16 heavy (non-hydrogen) atoms. The first kappa shape index (κ1) is 11.2. The fourth-order valence-corrected chi connectivity index (χ4v) is 2.74. The van der Waals surface area contributed by atoms with Gasteiger partial charge in [-0.1, -0.05) is 32.0 Å². The number of benzene rings is 1. The Morgan fingerprint density at radius 2 is 1.94 bits per heavy atom. The molecule has 0 radical (unpaired) electrons. The molecule has 0 bridgehead atoms. The van der Waals surface area contributed by atoms with Gasteiger partial charge < -0.3 is 5.32 Å². The lowest BCUT2D eigenvalue weighted by Crippen LogP contribution is -2.23. The number of rotatable bonds is 2. The van der Waals surface area contributed by atoms with Crippen LogP contribution in [0.4, 0.5) is 5.69 Å². The Kier molecular flexibility index (Phi) is 2.99. The van der Waals surface area contributed by atoms with Crippen molar-refractivity contribution in [2.75, 3.05) is 5.32 Å². The summed E-state index contributed by atoms with van der Waals surface area (Å²) in [6.45, 7) is 4.44. The van der Waals surface area contributed by atoms with Gasteiger partial charge in [0.2, 0.25) is 5.91 Å². The summed E-state index contributed by atoms with van der Waals surface area (Å²) in [5.41, 5.74) is 2.50. The number of fused-ring (bicyclic) bond motifs is 1. The second-order valence-corrected chi connectivity index (χ2v) is 4.58. The summed E-state index contributed by atoms with van der Waals surface area (Å²) in [6.07, 6.45) is 3.78. The number of anilines is 1. The first-order valence-corrected chi connectivity index (χ1v) is 6.11. The Hall–Kier alpha value is -1.31. The van der Waals surface area contributed by atoms with Crippen LogP contribution in [0.15, 0.2) is 24.3 Å². The minimum Gasteiger partial charge on any atom is -0.326 e. The largest absolute Gasteiger partial charge is 0.326 e. The lowest BCUT2D eigenvalue weighted by atomic mass is 9.72. The summed E-state index contributed by atoms with van der Waals surface area (Å²) in [4.78, 5) is 11.7. The highest BCUT2D eigenvalue weighted by molar-refractivity contribution is 5.92. The van der Waals surface area contributed by atoms with Gasteiger partial charge in [0, 0.05) is 12.1 Å². The van der Waals surface area contributed by atoms with E-state index in [2.05, 4.69) is 31.3 Å². The van der Waals surface area contributed by atoms with Crippen LogP contribution in [-0.2, 0) is 10.2 Å². The second kappa shape index (κ2) is 4.28. The van der Waals surface area contributed by atoms with E-state index < -0.39 is 0 Å². The maximum Gasteiger partial charge on any atom is 0.224 e. The van der Waals surface area contributed by atoms with Gasteiger partial charge in [0.1, 0.15) is 0 Å². The molecule has 0 atom stereocenters. The van der Waals surface area contributed by atoms with Crippen molar-refractivity contribution in [3.8, 4) is 0 Å². The number of nitrogens with one attached hydrogen (secondary N) is 1. The normalized spacial score (nSPS) is 18.5. The molecule has 1 N–H and O–H groups in total. The number of carbonyl (C=O) groups is 1. The monoisotopic (exact) mass is 217 g/mol. The van der Waals surface area contributed by atoms with E-state index in [4.69, 9.17) is 0 Å². The third-order valence-corrected chi connectivity index (χ3v) is 3.96. The molecule has 1 aliphatic heterocycles. The molecule has 2 nitrogen and oxygen atoms in total. The molecule has 0 aliphatic carbocycles. The van der Waals surface area contributed by atoms with Gasteiger partial charge in [0.15, 0.2) is 0 Å². The average molecular weight is 217 g/mol. The van der Waals surface area contributed by atoms with Crippen molar-refractivity contribution in [2.45, 2.75) is 44.9 Å². The summed E-state index contributed by atoms with van der Waals surface area (Å²) in [5.74, 6) is 0.149. The number of hydrogen-bond donors (Lipinski definition) is 1. The molecule has 0 aromatic heterocycles. The molecule has 1 aromatic carbocycles. The van der Waals surface area contributed by atoms with E-state index in [1.54, 1.807) is 0 Å². The number of hydrogen-bond acceptors (Lipinski definition) is 1. The minimum absolute atomic E-state index is 0.149.